The van der Waals surface area contributed by atoms with E-state index in [-0.39, 0.29) is 0 Å². The van der Waals surface area contributed by atoms with Gasteiger partial charge in [0.2, 0.25) is 0 Å². The van der Waals surface area contributed by atoms with Gasteiger partial charge in [0.1, 0.15) is 0 Å². The number of nitrogens with one attached hydrogen (secondary N) is 1. The second-order valence-electron chi connectivity index (χ2n) is 7.58. The molecule has 5 aromatic rings. The number of alkyl halides is 3. The van der Waals surface area contributed by atoms with Crippen molar-refractivity contribution in [2.75, 3.05) is 5.32 Å². The van der Waals surface area contributed by atoms with Crippen molar-refractivity contribution >= 4 is 33.3 Å². The number of amides is 2. The zero-order chi connectivity index (χ0) is 23.2. The van der Waals surface area contributed by atoms with Gasteiger partial charge in [0.15, 0.2) is 5.69 Å². The molecule has 2 amide bonds. The molecule has 1 heterocycles. The molecule has 5 nitrogen and oxygen atoms in total. The normalized spacial score (nSPS) is 11.7. The number of carbonyl (C=O) groups excluding carboxylic acids is 1. The maximum absolute atomic E-state index is 13.5. The number of anilines is 1. The van der Waals surface area contributed by atoms with Gasteiger partial charge in [0.25, 0.3) is 0 Å². The van der Waals surface area contributed by atoms with Gasteiger partial charge < -0.3 is 11.1 Å². The number of primary amides is 1. The lowest BCUT2D eigenvalue weighted by Gasteiger charge is -2.11. The van der Waals surface area contributed by atoms with Crippen LogP contribution in [0.5, 0.6) is 0 Å². The summed E-state index contributed by atoms with van der Waals surface area (Å²) in [7, 11) is 0. The fourth-order valence-electron chi connectivity index (χ4n) is 3.92. The first-order chi connectivity index (χ1) is 15.8. The molecule has 5 rings (SSSR count). The first-order valence-corrected chi connectivity index (χ1v) is 10.1. The van der Waals surface area contributed by atoms with E-state index >= 15 is 0 Å². The van der Waals surface area contributed by atoms with E-state index < -0.39 is 17.9 Å². The molecule has 0 aliphatic carbocycles. The largest absolute Gasteiger partial charge is 0.435 e. The van der Waals surface area contributed by atoms with Crippen LogP contribution in [0.3, 0.4) is 0 Å². The number of halogens is 3. The Morgan fingerprint density at radius 1 is 0.848 bits per heavy atom. The Morgan fingerprint density at radius 2 is 1.55 bits per heavy atom. The van der Waals surface area contributed by atoms with Crippen LogP contribution < -0.4 is 11.1 Å². The first kappa shape index (κ1) is 20.6. The van der Waals surface area contributed by atoms with Crippen molar-refractivity contribution in [2.45, 2.75) is 6.18 Å². The average Bonchev–Trinajstić information content (AvgIpc) is 3.25. The summed E-state index contributed by atoms with van der Waals surface area (Å²) in [5.41, 5.74) is 5.85. The van der Waals surface area contributed by atoms with Crippen LogP contribution in [0.4, 0.5) is 23.7 Å². The smallest absolute Gasteiger partial charge is 0.351 e. The van der Waals surface area contributed by atoms with Crippen molar-refractivity contribution in [2.24, 2.45) is 5.73 Å². The highest BCUT2D eigenvalue weighted by Gasteiger charge is 2.35. The van der Waals surface area contributed by atoms with Gasteiger partial charge in [0.05, 0.1) is 11.4 Å². The molecule has 0 atom stereocenters. The molecule has 0 saturated carbocycles. The second kappa shape index (κ2) is 7.67. The molecule has 0 saturated heterocycles. The molecule has 3 N–H and O–H groups in total. The third-order valence-electron chi connectivity index (χ3n) is 5.42. The Balaban J connectivity index is 1.65. The fourth-order valence-corrected chi connectivity index (χ4v) is 3.92. The summed E-state index contributed by atoms with van der Waals surface area (Å²) in [5.74, 6) is 0. The van der Waals surface area contributed by atoms with Crippen molar-refractivity contribution < 1.29 is 18.0 Å². The molecule has 164 valence electrons. The summed E-state index contributed by atoms with van der Waals surface area (Å²) >= 11 is 0. The lowest BCUT2D eigenvalue weighted by molar-refractivity contribution is -0.141. The number of rotatable bonds is 3. The van der Waals surface area contributed by atoms with E-state index in [4.69, 9.17) is 5.73 Å². The minimum atomic E-state index is -4.60. The Bertz CT molecular complexity index is 1500. The molecule has 0 aliphatic heterocycles. The number of benzene rings is 4. The van der Waals surface area contributed by atoms with Gasteiger partial charge >= 0.3 is 12.2 Å². The van der Waals surface area contributed by atoms with Gasteiger partial charge in [-0.15, -0.1) is 0 Å². The Morgan fingerprint density at radius 3 is 2.27 bits per heavy atom. The standard InChI is InChI=1S/C25H17F3N4O/c26-25(27,28)23-14-22(32(31-23)19-10-8-18(9-11-19)30-24(29)33)17-7-12-21-16(13-17)6-5-15-3-1-2-4-20(15)21/h1-14H,(H3,29,30,33). The van der Waals surface area contributed by atoms with Gasteiger partial charge in [-0.2, -0.15) is 18.3 Å². The second-order valence-corrected chi connectivity index (χ2v) is 7.58. The van der Waals surface area contributed by atoms with E-state index in [2.05, 4.69) is 10.4 Å². The summed E-state index contributed by atoms with van der Waals surface area (Å²) in [4.78, 5) is 11.0. The van der Waals surface area contributed by atoms with E-state index in [1.807, 2.05) is 48.5 Å². The van der Waals surface area contributed by atoms with Crippen molar-refractivity contribution in [3.05, 3.63) is 90.6 Å². The summed E-state index contributed by atoms with van der Waals surface area (Å²) < 4.78 is 41.8. The molecule has 0 spiro atoms. The topological polar surface area (TPSA) is 72.9 Å². The summed E-state index contributed by atoms with van der Waals surface area (Å²) in [6, 6.07) is 24.0. The lowest BCUT2D eigenvalue weighted by Crippen LogP contribution is -2.19. The Labute approximate surface area is 186 Å². The summed E-state index contributed by atoms with van der Waals surface area (Å²) in [6.07, 6.45) is -4.60. The monoisotopic (exact) mass is 446 g/mol. The predicted molar refractivity (Wildman–Crippen MR) is 122 cm³/mol. The van der Waals surface area contributed by atoms with E-state index in [9.17, 15) is 18.0 Å². The molecule has 0 fully saturated rings. The van der Waals surface area contributed by atoms with Crippen LogP contribution in [0, 0.1) is 0 Å². The lowest BCUT2D eigenvalue weighted by atomic mass is 9.99. The number of aromatic nitrogens is 2. The quantitative estimate of drug-likeness (QED) is 0.317. The van der Waals surface area contributed by atoms with E-state index in [0.717, 1.165) is 27.6 Å². The van der Waals surface area contributed by atoms with Crippen LogP contribution in [-0.2, 0) is 6.18 Å². The minimum Gasteiger partial charge on any atom is -0.351 e. The molecule has 33 heavy (non-hydrogen) atoms. The zero-order valence-electron chi connectivity index (χ0n) is 17.1. The fraction of sp³-hybridized carbons (Fsp3) is 0.0400. The van der Waals surface area contributed by atoms with Crippen molar-refractivity contribution in [3.63, 3.8) is 0 Å². The van der Waals surface area contributed by atoms with Crippen LogP contribution in [0.2, 0.25) is 0 Å². The van der Waals surface area contributed by atoms with Gasteiger partial charge in [-0.05, 0) is 57.9 Å². The maximum Gasteiger partial charge on any atom is 0.435 e. The molecular weight excluding hydrogens is 429 g/mol. The molecule has 8 heteroatoms. The number of nitrogens with two attached hydrogens (primary N) is 1. The van der Waals surface area contributed by atoms with E-state index in [1.165, 1.54) is 4.68 Å². The first-order valence-electron chi connectivity index (χ1n) is 10.1. The third kappa shape index (κ3) is 3.87. The number of hydrogen-bond donors (Lipinski definition) is 2. The minimum absolute atomic E-state index is 0.299. The van der Waals surface area contributed by atoms with Crippen molar-refractivity contribution in [1.82, 2.24) is 9.78 Å². The van der Waals surface area contributed by atoms with Crippen LogP contribution in [0.15, 0.2) is 84.9 Å². The van der Waals surface area contributed by atoms with E-state index in [1.54, 1.807) is 30.3 Å². The Hall–Kier alpha value is -4.33. The highest BCUT2D eigenvalue weighted by molar-refractivity contribution is 6.08. The van der Waals surface area contributed by atoms with Crippen LogP contribution in [0.1, 0.15) is 5.69 Å². The number of fused-ring (bicyclic) bond motifs is 3. The van der Waals surface area contributed by atoms with Crippen molar-refractivity contribution in [3.8, 4) is 16.9 Å². The van der Waals surface area contributed by atoms with Gasteiger partial charge in [0, 0.05) is 11.3 Å². The SMILES string of the molecule is NC(=O)Nc1ccc(-n2nc(C(F)(F)F)cc2-c2ccc3c(ccc4ccccc43)c2)cc1. The van der Waals surface area contributed by atoms with Crippen LogP contribution in [-0.4, -0.2) is 15.8 Å². The molecule has 0 bridgehead atoms. The number of hydrogen-bond acceptors (Lipinski definition) is 2. The highest BCUT2D eigenvalue weighted by Crippen LogP contribution is 2.35. The van der Waals surface area contributed by atoms with Crippen LogP contribution >= 0.6 is 0 Å². The van der Waals surface area contributed by atoms with Gasteiger partial charge in [-0.1, -0.05) is 48.5 Å². The average molecular weight is 446 g/mol. The number of urea groups is 1. The summed E-state index contributed by atoms with van der Waals surface area (Å²) in [6.45, 7) is 0. The number of carbonyl (C=O) groups is 1. The highest BCUT2D eigenvalue weighted by atomic mass is 19.4. The van der Waals surface area contributed by atoms with Crippen molar-refractivity contribution in [1.29, 1.82) is 0 Å². The van der Waals surface area contributed by atoms with Crippen LogP contribution in [0.25, 0.3) is 38.5 Å². The molecular formula is C25H17F3N4O. The maximum atomic E-state index is 13.5. The molecule has 4 aromatic carbocycles. The van der Waals surface area contributed by atoms with Gasteiger partial charge in [-0.25, -0.2) is 9.48 Å². The molecule has 0 unspecified atom stereocenters. The Kier molecular flexibility index (Phi) is 4.78. The summed E-state index contributed by atoms with van der Waals surface area (Å²) in [5, 5.41) is 10.3. The molecule has 0 radical (unpaired) electrons. The van der Waals surface area contributed by atoms with Gasteiger partial charge in [-0.3, -0.25) is 0 Å². The third-order valence-corrected chi connectivity index (χ3v) is 5.42. The van der Waals surface area contributed by atoms with E-state index in [0.29, 0.717) is 22.6 Å². The molecule has 1 aromatic heterocycles. The zero-order valence-corrected chi connectivity index (χ0v) is 17.1. The number of nitrogens with zero attached hydrogens (tertiary/aromatic N) is 2. The predicted octanol–water partition coefficient (Wildman–Crippen LogP) is 6.36. The molecule has 0 aliphatic rings.